The summed E-state index contributed by atoms with van der Waals surface area (Å²) in [5.74, 6) is -1.52. The Morgan fingerprint density at radius 3 is 2.55 bits per heavy atom. The first-order chi connectivity index (χ1) is 9.44. The van der Waals surface area contributed by atoms with E-state index in [0.717, 1.165) is 6.07 Å². The van der Waals surface area contributed by atoms with Crippen LogP contribution in [0.25, 0.3) is 0 Å². The van der Waals surface area contributed by atoms with Crippen LogP contribution < -0.4 is 9.64 Å². The molecule has 20 heavy (non-hydrogen) atoms. The Morgan fingerprint density at radius 2 is 2.10 bits per heavy atom. The Hall–Kier alpha value is -2.38. The molecule has 0 N–H and O–H groups in total. The zero-order chi connectivity index (χ0) is 15.3. The van der Waals surface area contributed by atoms with Crippen molar-refractivity contribution in [3.05, 3.63) is 28.1 Å². The lowest BCUT2D eigenvalue weighted by atomic mass is 10.2. The van der Waals surface area contributed by atoms with Gasteiger partial charge in [-0.1, -0.05) is 0 Å². The molecule has 0 amide bonds. The number of benzene rings is 1. The number of esters is 1. The standard InChI is InChI=1S/C12H15FN2O5/c1-4-14(7-12(16)20-3)9-6-11(19-2)8(13)5-10(9)15(17)18/h5-6H,4,7H2,1-3H3. The monoisotopic (exact) mass is 286 g/mol. The molecule has 0 saturated heterocycles. The van der Waals surface area contributed by atoms with Crippen LogP contribution in [0.5, 0.6) is 5.75 Å². The molecule has 0 aliphatic carbocycles. The first-order valence-corrected chi connectivity index (χ1v) is 5.78. The molecule has 0 fully saturated rings. The van der Waals surface area contributed by atoms with Crippen molar-refractivity contribution < 1.29 is 23.6 Å². The van der Waals surface area contributed by atoms with E-state index in [2.05, 4.69) is 4.74 Å². The zero-order valence-electron chi connectivity index (χ0n) is 11.4. The molecule has 7 nitrogen and oxygen atoms in total. The Morgan fingerprint density at radius 1 is 1.45 bits per heavy atom. The third-order valence-electron chi connectivity index (χ3n) is 2.72. The van der Waals surface area contributed by atoms with Gasteiger partial charge in [0, 0.05) is 12.6 Å². The van der Waals surface area contributed by atoms with Crippen molar-refractivity contribution in [3.63, 3.8) is 0 Å². The average molecular weight is 286 g/mol. The molecule has 0 aromatic heterocycles. The highest BCUT2D eigenvalue weighted by atomic mass is 19.1. The van der Waals surface area contributed by atoms with Crippen LogP contribution >= 0.6 is 0 Å². The fourth-order valence-electron chi connectivity index (χ4n) is 1.68. The summed E-state index contributed by atoms with van der Waals surface area (Å²) in [6.07, 6.45) is 0. The van der Waals surface area contributed by atoms with Crippen LogP contribution in [0, 0.1) is 15.9 Å². The van der Waals surface area contributed by atoms with Crippen molar-refractivity contribution in [1.29, 1.82) is 0 Å². The van der Waals surface area contributed by atoms with E-state index in [1.165, 1.54) is 25.2 Å². The molecule has 110 valence electrons. The first-order valence-electron chi connectivity index (χ1n) is 5.78. The maximum atomic E-state index is 13.5. The van der Waals surface area contributed by atoms with Gasteiger partial charge in [-0.2, -0.15) is 0 Å². The number of ether oxygens (including phenoxy) is 2. The van der Waals surface area contributed by atoms with Crippen LogP contribution in [-0.4, -0.2) is 38.2 Å². The highest BCUT2D eigenvalue weighted by molar-refractivity contribution is 5.78. The van der Waals surface area contributed by atoms with Gasteiger partial charge >= 0.3 is 5.97 Å². The number of methoxy groups -OCH3 is 2. The summed E-state index contributed by atoms with van der Waals surface area (Å²) < 4.78 is 22.9. The molecule has 0 atom stereocenters. The SMILES string of the molecule is CCN(CC(=O)OC)c1cc(OC)c(F)cc1[N+](=O)[O-]. The molecule has 0 saturated carbocycles. The number of carbonyl (C=O) groups is 1. The van der Waals surface area contributed by atoms with Gasteiger partial charge in [-0.15, -0.1) is 0 Å². The average Bonchev–Trinajstić information content (AvgIpc) is 2.44. The molecule has 1 aromatic rings. The van der Waals surface area contributed by atoms with E-state index in [-0.39, 0.29) is 18.0 Å². The number of hydrogen-bond donors (Lipinski definition) is 0. The number of carbonyl (C=O) groups excluding carboxylic acids is 1. The van der Waals surface area contributed by atoms with Gasteiger partial charge in [0.05, 0.1) is 25.2 Å². The highest BCUT2D eigenvalue weighted by Crippen LogP contribution is 2.34. The fourth-order valence-corrected chi connectivity index (χ4v) is 1.68. The van der Waals surface area contributed by atoms with Crippen molar-refractivity contribution in [1.82, 2.24) is 0 Å². The number of nitro benzene ring substituents is 1. The highest BCUT2D eigenvalue weighted by Gasteiger charge is 2.24. The van der Waals surface area contributed by atoms with Crippen molar-refractivity contribution in [3.8, 4) is 5.75 Å². The summed E-state index contributed by atoms with van der Waals surface area (Å²) in [7, 11) is 2.47. The molecule has 0 radical (unpaired) electrons. The van der Waals surface area contributed by atoms with Gasteiger partial charge in [-0.05, 0) is 6.92 Å². The summed E-state index contributed by atoms with van der Waals surface area (Å²) in [6, 6.07) is 1.97. The van der Waals surface area contributed by atoms with E-state index in [4.69, 9.17) is 4.74 Å². The van der Waals surface area contributed by atoms with Crippen molar-refractivity contribution in [2.45, 2.75) is 6.92 Å². The van der Waals surface area contributed by atoms with E-state index >= 15 is 0 Å². The van der Waals surface area contributed by atoms with Crippen molar-refractivity contribution in [2.75, 3.05) is 32.2 Å². The lowest BCUT2D eigenvalue weighted by molar-refractivity contribution is -0.384. The molecule has 0 aliphatic rings. The molecular weight excluding hydrogens is 271 g/mol. The van der Waals surface area contributed by atoms with Crippen LogP contribution in [0.2, 0.25) is 0 Å². The largest absolute Gasteiger partial charge is 0.494 e. The zero-order valence-corrected chi connectivity index (χ0v) is 11.4. The number of likely N-dealkylation sites (N-methyl/N-ethyl adjacent to an activating group) is 1. The van der Waals surface area contributed by atoms with Crippen LogP contribution in [0.1, 0.15) is 6.92 Å². The van der Waals surface area contributed by atoms with Gasteiger partial charge in [-0.25, -0.2) is 4.39 Å². The maximum Gasteiger partial charge on any atom is 0.325 e. The predicted molar refractivity (Wildman–Crippen MR) is 69.5 cm³/mol. The minimum Gasteiger partial charge on any atom is -0.494 e. The lowest BCUT2D eigenvalue weighted by Gasteiger charge is -2.22. The van der Waals surface area contributed by atoms with Gasteiger partial charge in [0.1, 0.15) is 12.2 Å². The first kappa shape index (κ1) is 15.7. The molecule has 0 heterocycles. The molecule has 1 rings (SSSR count). The number of nitro groups is 1. The van der Waals surface area contributed by atoms with Gasteiger partial charge < -0.3 is 14.4 Å². The Balaban J connectivity index is 3.30. The molecule has 0 aliphatic heterocycles. The van der Waals surface area contributed by atoms with Crippen molar-refractivity contribution >= 4 is 17.3 Å². The minimum absolute atomic E-state index is 0.0983. The molecule has 8 heteroatoms. The van der Waals surface area contributed by atoms with E-state index in [9.17, 15) is 19.3 Å². The number of hydrogen-bond acceptors (Lipinski definition) is 6. The Labute approximate surface area is 115 Å². The lowest BCUT2D eigenvalue weighted by Crippen LogP contribution is -2.30. The summed E-state index contributed by atoms with van der Waals surface area (Å²) in [5, 5.41) is 11.0. The smallest absolute Gasteiger partial charge is 0.325 e. The van der Waals surface area contributed by atoms with Crippen molar-refractivity contribution in [2.24, 2.45) is 0 Å². The summed E-state index contributed by atoms with van der Waals surface area (Å²) in [5.41, 5.74) is -0.338. The second-order valence-corrected chi connectivity index (χ2v) is 3.82. The van der Waals surface area contributed by atoms with Gasteiger partial charge in [-0.3, -0.25) is 14.9 Å². The molecule has 0 spiro atoms. The Bertz CT molecular complexity index is 521. The van der Waals surface area contributed by atoms with Crippen LogP contribution in [0.15, 0.2) is 12.1 Å². The number of nitrogens with zero attached hydrogens (tertiary/aromatic N) is 2. The third-order valence-corrected chi connectivity index (χ3v) is 2.72. The second kappa shape index (κ2) is 6.69. The van der Waals surface area contributed by atoms with Gasteiger partial charge in [0.2, 0.25) is 0 Å². The summed E-state index contributed by atoms with van der Waals surface area (Å²) in [4.78, 5) is 23.0. The summed E-state index contributed by atoms with van der Waals surface area (Å²) in [6.45, 7) is 1.84. The third kappa shape index (κ3) is 3.34. The van der Waals surface area contributed by atoms with E-state index < -0.39 is 22.4 Å². The number of halogens is 1. The Kier molecular flexibility index (Phi) is 5.24. The molecular formula is C12H15FN2O5. The second-order valence-electron chi connectivity index (χ2n) is 3.82. The predicted octanol–water partition coefficient (Wildman–Crippen LogP) is 1.74. The molecule has 1 aromatic carbocycles. The van der Waals surface area contributed by atoms with E-state index in [1.807, 2.05) is 0 Å². The topological polar surface area (TPSA) is 81.9 Å². The number of anilines is 1. The minimum atomic E-state index is -0.836. The number of rotatable bonds is 6. The molecule has 0 bridgehead atoms. The maximum absolute atomic E-state index is 13.5. The quantitative estimate of drug-likeness (QED) is 0.450. The normalized spacial score (nSPS) is 10.0. The van der Waals surface area contributed by atoms with E-state index in [0.29, 0.717) is 6.54 Å². The van der Waals surface area contributed by atoms with Gasteiger partial charge in [0.15, 0.2) is 11.6 Å². The van der Waals surface area contributed by atoms with Crippen LogP contribution in [-0.2, 0) is 9.53 Å². The molecule has 0 unspecified atom stereocenters. The van der Waals surface area contributed by atoms with Crippen LogP contribution in [0.4, 0.5) is 15.8 Å². The van der Waals surface area contributed by atoms with Crippen LogP contribution in [0.3, 0.4) is 0 Å². The van der Waals surface area contributed by atoms with Gasteiger partial charge in [0.25, 0.3) is 5.69 Å². The van der Waals surface area contributed by atoms with E-state index in [1.54, 1.807) is 6.92 Å². The fraction of sp³-hybridized carbons (Fsp3) is 0.417. The summed E-state index contributed by atoms with van der Waals surface area (Å²) >= 11 is 0.